The average molecular weight is 248 g/mol. The summed E-state index contributed by atoms with van der Waals surface area (Å²) in [4.78, 5) is 24.4. The van der Waals surface area contributed by atoms with E-state index in [1.807, 2.05) is 31.2 Å². The van der Waals surface area contributed by atoms with E-state index >= 15 is 0 Å². The molecule has 1 saturated heterocycles. The largest absolute Gasteiger partial charge is 0.448 e. The number of carbonyl (C=O) groups excluding carboxylic acids is 2. The Hall–Kier alpha value is -2.04. The molecule has 0 saturated carbocycles. The van der Waals surface area contributed by atoms with Crippen LogP contribution in [0.2, 0.25) is 0 Å². The first-order chi connectivity index (χ1) is 8.70. The van der Waals surface area contributed by atoms with Crippen LogP contribution in [-0.4, -0.2) is 36.6 Å². The quantitative estimate of drug-likeness (QED) is 0.881. The molecule has 0 aromatic heterocycles. The van der Waals surface area contributed by atoms with Crippen LogP contribution in [0.1, 0.15) is 12.5 Å². The Morgan fingerprint density at radius 3 is 2.89 bits per heavy atom. The molecule has 0 radical (unpaired) electrons. The van der Waals surface area contributed by atoms with Crippen molar-refractivity contribution in [2.24, 2.45) is 0 Å². The van der Waals surface area contributed by atoms with Crippen LogP contribution in [-0.2, 0) is 16.0 Å². The summed E-state index contributed by atoms with van der Waals surface area (Å²) in [6.45, 7) is 2.90. The van der Waals surface area contributed by atoms with E-state index in [9.17, 15) is 9.59 Å². The number of cyclic esters (lactones) is 1. The summed E-state index contributed by atoms with van der Waals surface area (Å²) in [6.07, 6.45) is 0.427. The van der Waals surface area contributed by atoms with Crippen LogP contribution in [0.3, 0.4) is 0 Å². The molecular weight excluding hydrogens is 232 g/mol. The lowest BCUT2D eigenvalue weighted by molar-refractivity contribution is -0.116. The van der Waals surface area contributed by atoms with Crippen LogP contribution in [0.5, 0.6) is 0 Å². The van der Waals surface area contributed by atoms with Gasteiger partial charge < -0.3 is 10.1 Å². The number of benzene rings is 1. The molecule has 5 nitrogen and oxygen atoms in total. The molecule has 0 atom stereocenters. The van der Waals surface area contributed by atoms with E-state index in [0.29, 0.717) is 13.2 Å². The van der Waals surface area contributed by atoms with Gasteiger partial charge in [-0.15, -0.1) is 0 Å². The molecule has 1 heterocycles. The van der Waals surface area contributed by atoms with Crippen LogP contribution in [0, 0.1) is 0 Å². The summed E-state index contributed by atoms with van der Waals surface area (Å²) in [5.74, 6) is -0.199. The maximum Gasteiger partial charge on any atom is 0.410 e. The van der Waals surface area contributed by atoms with Gasteiger partial charge in [0.05, 0.1) is 6.54 Å². The highest BCUT2D eigenvalue weighted by atomic mass is 16.6. The second kappa shape index (κ2) is 5.53. The van der Waals surface area contributed by atoms with Crippen molar-refractivity contribution < 1.29 is 14.3 Å². The fraction of sp³-hybridized carbons (Fsp3) is 0.385. The zero-order chi connectivity index (χ0) is 13.0. The maximum atomic E-state index is 11.8. The van der Waals surface area contributed by atoms with Crippen LogP contribution in [0.15, 0.2) is 24.3 Å². The zero-order valence-electron chi connectivity index (χ0n) is 10.3. The van der Waals surface area contributed by atoms with E-state index in [1.54, 1.807) is 0 Å². The summed E-state index contributed by atoms with van der Waals surface area (Å²) in [5.41, 5.74) is 1.88. The first-order valence-corrected chi connectivity index (χ1v) is 6.00. The van der Waals surface area contributed by atoms with Gasteiger partial charge in [-0.1, -0.05) is 25.1 Å². The van der Waals surface area contributed by atoms with Gasteiger partial charge in [0.15, 0.2) is 0 Å². The molecule has 1 aliphatic rings. The number of hydrogen-bond acceptors (Lipinski definition) is 3. The summed E-state index contributed by atoms with van der Waals surface area (Å²) in [6, 6.07) is 7.64. The van der Waals surface area contributed by atoms with E-state index in [4.69, 9.17) is 4.74 Å². The average Bonchev–Trinajstić information content (AvgIpc) is 2.75. The molecule has 2 rings (SSSR count). The number of aryl methyl sites for hydroxylation is 1. The van der Waals surface area contributed by atoms with Crippen molar-refractivity contribution in [3.63, 3.8) is 0 Å². The van der Waals surface area contributed by atoms with Crippen molar-refractivity contribution in [3.8, 4) is 0 Å². The van der Waals surface area contributed by atoms with Gasteiger partial charge in [0.2, 0.25) is 5.91 Å². The number of nitrogens with zero attached hydrogens (tertiary/aromatic N) is 1. The van der Waals surface area contributed by atoms with Crippen molar-refractivity contribution in [3.05, 3.63) is 29.8 Å². The summed E-state index contributed by atoms with van der Waals surface area (Å²) in [7, 11) is 0. The SMILES string of the molecule is CCc1ccccc1NC(=O)CN1CCOC1=O. The Bertz CT molecular complexity index is 459. The first kappa shape index (κ1) is 12.4. The molecule has 0 spiro atoms. The second-order valence-corrected chi connectivity index (χ2v) is 4.09. The first-order valence-electron chi connectivity index (χ1n) is 6.00. The van der Waals surface area contributed by atoms with Crippen molar-refractivity contribution >= 4 is 17.7 Å². The monoisotopic (exact) mass is 248 g/mol. The Labute approximate surface area is 106 Å². The van der Waals surface area contributed by atoms with Crippen LogP contribution < -0.4 is 5.32 Å². The topological polar surface area (TPSA) is 58.6 Å². The van der Waals surface area contributed by atoms with Crippen molar-refractivity contribution in [2.45, 2.75) is 13.3 Å². The molecule has 1 aliphatic heterocycles. The molecule has 1 aromatic rings. The van der Waals surface area contributed by atoms with Crippen molar-refractivity contribution in [1.29, 1.82) is 0 Å². The highest BCUT2D eigenvalue weighted by molar-refractivity contribution is 5.94. The number of amides is 2. The lowest BCUT2D eigenvalue weighted by atomic mass is 10.1. The number of rotatable bonds is 4. The minimum atomic E-state index is -0.422. The Balaban J connectivity index is 1.96. The number of para-hydroxylation sites is 1. The van der Waals surface area contributed by atoms with Crippen molar-refractivity contribution in [2.75, 3.05) is 25.0 Å². The standard InChI is InChI=1S/C13H16N2O3/c1-2-10-5-3-4-6-11(10)14-12(16)9-15-7-8-18-13(15)17/h3-6H,2,7-9H2,1H3,(H,14,16). The lowest BCUT2D eigenvalue weighted by Crippen LogP contribution is -2.33. The highest BCUT2D eigenvalue weighted by Crippen LogP contribution is 2.15. The molecule has 1 fully saturated rings. The summed E-state index contributed by atoms with van der Waals surface area (Å²) < 4.78 is 4.77. The zero-order valence-corrected chi connectivity index (χ0v) is 10.3. The molecular formula is C13H16N2O3. The second-order valence-electron chi connectivity index (χ2n) is 4.09. The minimum Gasteiger partial charge on any atom is -0.448 e. The van der Waals surface area contributed by atoms with E-state index in [1.165, 1.54) is 4.90 Å². The van der Waals surface area contributed by atoms with Gasteiger partial charge in [0, 0.05) is 5.69 Å². The molecule has 2 amide bonds. The molecule has 0 unspecified atom stereocenters. The van der Waals surface area contributed by atoms with Crippen LogP contribution in [0.4, 0.5) is 10.5 Å². The van der Waals surface area contributed by atoms with Gasteiger partial charge in [-0.05, 0) is 18.1 Å². The highest BCUT2D eigenvalue weighted by Gasteiger charge is 2.24. The number of carbonyl (C=O) groups is 2. The van der Waals surface area contributed by atoms with E-state index in [2.05, 4.69) is 5.32 Å². The Morgan fingerprint density at radius 1 is 1.44 bits per heavy atom. The normalized spacial score (nSPS) is 14.5. The van der Waals surface area contributed by atoms with Gasteiger partial charge in [0.25, 0.3) is 0 Å². The van der Waals surface area contributed by atoms with Gasteiger partial charge in [0.1, 0.15) is 13.2 Å². The number of anilines is 1. The molecule has 18 heavy (non-hydrogen) atoms. The van der Waals surface area contributed by atoms with E-state index in [0.717, 1.165) is 17.7 Å². The third-order valence-corrected chi connectivity index (χ3v) is 2.85. The third-order valence-electron chi connectivity index (χ3n) is 2.85. The third kappa shape index (κ3) is 2.80. The fourth-order valence-corrected chi connectivity index (χ4v) is 1.88. The molecule has 96 valence electrons. The lowest BCUT2D eigenvalue weighted by Gasteiger charge is -2.14. The van der Waals surface area contributed by atoms with Crippen molar-refractivity contribution in [1.82, 2.24) is 4.90 Å². The molecule has 0 bridgehead atoms. The molecule has 5 heteroatoms. The van der Waals surface area contributed by atoms with Crippen LogP contribution >= 0.6 is 0 Å². The molecule has 1 N–H and O–H groups in total. The Morgan fingerprint density at radius 2 is 2.22 bits per heavy atom. The van der Waals surface area contributed by atoms with Gasteiger partial charge in [-0.2, -0.15) is 0 Å². The number of ether oxygens (including phenoxy) is 1. The molecule has 1 aromatic carbocycles. The predicted molar refractivity (Wildman–Crippen MR) is 67.4 cm³/mol. The fourth-order valence-electron chi connectivity index (χ4n) is 1.88. The number of nitrogens with one attached hydrogen (secondary N) is 1. The van der Waals surface area contributed by atoms with Gasteiger partial charge >= 0.3 is 6.09 Å². The van der Waals surface area contributed by atoms with E-state index in [-0.39, 0.29) is 12.5 Å². The maximum absolute atomic E-state index is 11.8. The minimum absolute atomic E-state index is 0.0386. The summed E-state index contributed by atoms with van der Waals surface area (Å²) in [5, 5.41) is 2.82. The number of hydrogen-bond donors (Lipinski definition) is 1. The smallest absolute Gasteiger partial charge is 0.410 e. The van der Waals surface area contributed by atoms with Gasteiger partial charge in [-0.3, -0.25) is 9.69 Å². The van der Waals surface area contributed by atoms with Crippen LogP contribution in [0.25, 0.3) is 0 Å². The predicted octanol–water partition coefficient (Wildman–Crippen LogP) is 1.64. The molecule has 0 aliphatic carbocycles. The van der Waals surface area contributed by atoms with E-state index < -0.39 is 6.09 Å². The summed E-state index contributed by atoms with van der Waals surface area (Å²) >= 11 is 0. The Kier molecular flexibility index (Phi) is 3.82. The van der Waals surface area contributed by atoms with Gasteiger partial charge in [-0.25, -0.2) is 4.79 Å².